The van der Waals surface area contributed by atoms with E-state index < -0.39 is 35.2 Å². The zero-order chi connectivity index (χ0) is 18.1. The van der Waals surface area contributed by atoms with Gasteiger partial charge in [0.05, 0.1) is 12.9 Å². The van der Waals surface area contributed by atoms with Gasteiger partial charge in [-0.1, -0.05) is 30.3 Å². The number of fused-ring (bicyclic) bond motifs is 1. The SMILES string of the molecule is COC1=C(C(=O)O)N2C(=O)[C@@H](NC(=O)[C@H](N)c3ccccc3)[C@H]2SC1. The van der Waals surface area contributed by atoms with E-state index in [-0.39, 0.29) is 11.5 Å². The Hall–Kier alpha value is -2.52. The first kappa shape index (κ1) is 17.3. The van der Waals surface area contributed by atoms with Gasteiger partial charge in [-0.25, -0.2) is 4.79 Å². The molecule has 0 bridgehead atoms. The van der Waals surface area contributed by atoms with Crippen molar-refractivity contribution in [2.45, 2.75) is 17.5 Å². The van der Waals surface area contributed by atoms with Gasteiger partial charge in [-0.05, 0) is 5.56 Å². The van der Waals surface area contributed by atoms with Crippen LogP contribution in [0, 0.1) is 0 Å². The zero-order valence-corrected chi connectivity index (χ0v) is 14.2. The molecule has 1 fully saturated rings. The highest BCUT2D eigenvalue weighted by Gasteiger charge is 2.54. The number of nitrogens with one attached hydrogen (secondary N) is 1. The molecule has 25 heavy (non-hydrogen) atoms. The van der Waals surface area contributed by atoms with E-state index in [9.17, 15) is 19.5 Å². The molecule has 0 saturated carbocycles. The van der Waals surface area contributed by atoms with Crippen molar-refractivity contribution in [3.05, 3.63) is 47.4 Å². The van der Waals surface area contributed by atoms with Crippen LogP contribution < -0.4 is 11.1 Å². The number of benzene rings is 1. The van der Waals surface area contributed by atoms with Crippen LogP contribution in [0.25, 0.3) is 0 Å². The third kappa shape index (κ3) is 2.96. The lowest BCUT2D eigenvalue weighted by Gasteiger charge is -2.49. The van der Waals surface area contributed by atoms with Gasteiger partial charge in [0.2, 0.25) is 5.91 Å². The Kier molecular flexibility index (Phi) is 4.69. The van der Waals surface area contributed by atoms with Gasteiger partial charge in [0.1, 0.15) is 23.2 Å². The first-order valence-corrected chi connectivity index (χ1v) is 8.56. The second-order valence-electron chi connectivity index (χ2n) is 5.57. The van der Waals surface area contributed by atoms with E-state index in [1.165, 1.54) is 18.9 Å². The molecule has 4 N–H and O–H groups in total. The van der Waals surface area contributed by atoms with E-state index in [0.717, 1.165) is 4.90 Å². The van der Waals surface area contributed by atoms with E-state index in [1.807, 2.05) is 6.07 Å². The smallest absolute Gasteiger partial charge is 0.356 e. The van der Waals surface area contributed by atoms with Crippen molar-refractivity contribution >= 4 is 29.5 Å². The number of β-lactam (4-membered cyclic amide) rings is 1. The number of thioether (sulfide) groups is 1. The number of nitrogens with two attached hydrogens (primary N) is 1. The highest BCUT2D eigenvalue weighted by molar-refractivity contribution is 8.00. The van der Waals surface area contributed by atoms with E-state index in [2.05, 4.69) is 5.32 Å². The normalized spacial score (nSPS) is 23.4. The fourth-order valence-electron chi connectivity index (χ4n) is 2.80. The number of carbonyl (C=O) groups excluding carboxylic acids is 2. The molecule has 0 aromatic heterocycles. The molecule has 1 aromatic rings. The summed E-state index contributed by atoms with van der Waals surface area (Å²) in [5, 5.41) is 11.5. The number of rotatable bonds is 5. The molecule has 0 unspecified atom stereocenters. The average Bonchev–Trinajstić information content (AvgIpc) is 2.64. The maximum Gasteiger partial charge on any atom is 0.356 e. The van der Waals surface area contributed by atoms with E-state index in [4.69, 9.17) is 10.5 Å². The molecule has 0 radical (unpaired) electrons. The Balaban J connectivity index is 1.73. The second-order valence-corrected chi connectivity index (χ2v) is 6.67. The summed E-state index contributed by atoms with van der Waals surface area (Å²) in [6.45, 7) is 0. The van der Waals surface area contributed by atoms with E-state index >= 15 is 0 Å². The van der Waals surface area contributed by atoms with Crippen molar-refractivity contribution < 1.29 is 24.2 Å². The lowest BCUT2D eigenvalue weighted by Crippen LogP contribution is -2.71. The standard InChI is InChI=1S/C16H17N3O5S/c1-24-9-7-25-15-11(14(21)19(15)12(9)16(22)23)18-13(20)10(17)8-5-3-2-4-6-8/h2-6,10-11,15H,7,17H2,1H3,(H,18,20)(H,22,23)/t10-,11-,15-/m1/s1. The van der Waals surface area contributed by atoms with Crippen molar-refractivity contribution in [2.24, 2.45) is 5.73 Å². The zero-order valence-electron chi connectivity index (χ0n) is 13.3. The van der Waals surface area contributed by atoms with Crippen LogP contribution in [0.3, 0.4) is 0 Å². The lowest BCUT2D eigenvalue weighted by molar-refractivity contribution is -0.151. The highest BCUT2D eigenvalue weighted by atomic mass is 32.2. The van der Waals surface area contributed by atoms with Crippen LogP contribution in [-0.4, -0.2) is 52.1 Å². The van der Waals surface area contributed by atoms with Crippen LogP contribution in [0.15, 0.2) is 41.8 Å². The summed E-state index contributed by atoms with van der Waals surface area (Å²) >= 11 is 1.33. The topological polar surface area (TPSA) is 122 Å². The minimum Gasteiger partial charge on any atom is -0.498 e. The van der Waals surface area contributed by atoms with Gasteiger partial charge in [0.15, 0.2) is 5.70 Å². The van der Waals surface area contributed by atoms with Crippen LogP contribution in [0.1, 0.15) is 11.6 Å². The van der Waals surface area contributed by atoms with Crippen molar-refractivity contribution in [2.75, 3.05) is 12.9 Å². The fraction of sp³-hybridized carbons (Fsp3) is 0.312. The van der Waals surface area contributed by atoms with Gasteiger partial charge in [-0.2, -0.15) is 0 Å². The first-order chi connectivity index (χ1) is 12.0. The van der Waals surface area contributed by atoms with E-state index in [1.54, 1.807) is 24.3 Å². The Morgan fingerprint density at radius 3 is 2.68 bits per heavy atom. The lowest BCUT2D eigenvalue weighted by atomic mass is 10.0. The van der Waals surface area contributed by atoms with Crippen LogP contribution in [0.4, 0.5) is 0 Å². The number of ether oxygens (including phenoxy) is 1. The maximum atomic E-state index is 12.4. The largest absolute Gasteiger partial charge is 0.498 e. The molecule has 2 amide bonds. The first-order valence-electron chi connectivity index (χ1n) is 7.51. The van der Waals surface area contributed by atoms with Crippen LogP contribution in [-0.2, 0) is 19.1 Å². The molecule has 0 spiro atoms. The Morgan fingerprint density at radius 2 is 2.08 bits per heavy atom. The van der Waals surface area contributed by atoms with Crippen molar-refractivity contribution in [1.29, 1.82) is 0 Å². The molecule has 3 rings (SSSR count). The molecule has 1 aromatic carbocycles. The third-order valence-electron chi connectivity index (χ3n) is 4.12. The quantitative estimate of drug-likeness (QED) is 0.631. The Bertz CT molecular complexity index is 751. The molecule has 1 saturated heterocycles. The number of hydrogen-bond acceptors (Lipinski definition) is 6. The monoisotopic (exact) mass is 363 g/mol. The third-order valence-corrected chi connectivity index (χ3v) is 5.37. The fourth-order valence-corrected chi connectivity index (χ4v) is 4.11. The minimum absolute atomic E-state index is 0.172. The molecule has 2 aliphatic heterocycles. The number of amides is 2. The molecule has 8 nitrogen and oxygen atoms in total. The molecule has 2 heterocycles. The maximum absolute atomic E-state index is 12.4. The molecule has 2 aliphatic rings. The predicted molar refractivity (Wildman–Crippen MR) is 90.1 cm³/mol. The second kappa shape index (κ2) is 6.77. The van der Waals surface area contributed by atoms with Gasteiger partial charge in [0, 0.05) is 0 Å². The molecular formula is C16H17N3O5S. The van der Waals surface area contributed by atoms with Crippen LogP contribution in [0.5, 0.6) is 0 Å². The summed E-state index contributed by atoms with van der Waals surface area (Å²) in [5.74, 6) is -1.67. The van der Waals surface area contributed by atoms with Crippen LogP contribution >= 0.6 is 11.8 Å². The highest BCUT2D eigenvalue weighted by Crippen LogP contribution is 2.40. The molecule has 132 valence electrons. The summed E-state index contributed by atoms with van der Waals surface area (Å²) in [6, 6.07) is 7.10. The summed E-state index contributed by atoms with van der Waals surface area (Å²) in [7, 11) is 1.36. The van der Waals surface area contributed by atoms with Crippen molar-refractivity contribution in [1.82, 2.24) is 10.2 Å². The Morgan fingerprint density at radius 1 is 1.40 bits per heavy atom. The van der Waals surface area contributed by atoms with Crippen LogP contribution in [0.2, 0.25) is 0 Å². The number of carboxylic acids is 1. The number of carbonyl (C=O) groups is 3. The molecule has 0 aliphatic carbocycles. The average molecular weight is 363 g/mol. The number of methoxy groups -OCH3 is 1. The Labute approximate surface area is 148 Å². The van der Waals surface area contributed by atoms with Gasteiger partial charge in [-0.3, -0.25) is 14.5 Å². The molecule has 3 atom stereocenters. The van der Waals surface area contributed by atoms with E-state index in [0.29, 0.717) is 11.3 Å². The molecule has 9 heteroatoms. The van der Waals surface area contributed by atoms with Gasteiger partial charge in [-0.15, -0.1) is 11.8 Å². The summed E-state index contributed by atoms with van der Waals surface area (Å²) in [6.07, 6.45) is 0. The number of aliphatic carboxylic acids is 1. The van der Waals surface area contributed by atoms with Crippen molar-refractivity contribution in [3.8, 4) is 0 Å². The number of nitrogens with zero attached hydrogens (tertiary/aromatic N) is 1. The summed E-state index contributed by atoms with van der Waals surface area (Å²) in [4.78, 5) is 37.3. The van der Waals surface area contributed by atoms with Crippen molar-refractivity contribution in [3.63, 3.8) is 0 Å². The summed E-state index contributed by atoms with van der Waals surface area (Å²) < 4.78 is 5.06. The molecular weight excluding hydrogens is 346 g/mol. The van der Waals surface area contributed by atoms with Gasteiger partial charge < -0.3 is 20.9 Å². The predicted octanol–water partition coefficient (Wildman–Crippen LogP) is 0.0289. The number of hydrogen-bond donors (Lipinski definition) is 3. The minimum atomic E-state index is -1.23. The summed E-state index contributed by atoms with van der Waals surface area (Å²) in [5.41, 5.74) is 6.39. The van der Waals surface area contributed by atoms with Gasteiger partial charge >= 0.3 is 5.97 Å². The van der Waals surface area contributed by atoms with Gasteiger partial charge in [0.25, 0.3) is 5.91 Å². The number of carboxylic acid groups (broad SMARTS) is 1.